The number of rotatable bonds is 7. The molecule has 172 valence electrons. The minimum absolute atomic E-state index is 0.268. The first kappa shape index (κ1) is 23.3. The van der Waals surface area contributed by atoms with Crippen LogP contribution in [-0.2, 0) is 16.2 Å². The summed E-state index contributed by atoms with van der Waals surface area (Å²) < 4.78 is 5.84. The van der Waals surface area contributed by atoms with Gasteiger partial charge in [0.05, 0.1) is 4.91 Å². The molecule has 0 saturated carbocycles. The van der Waals surface area contributed by atoms with E-state index in [-0.39, 0.29) is 11.4 Å². The van der Waals surface area contributed by atoms with Crippen molar-refractivity contribution in [1.82, 2.24) is 4.90 Å². The lowest BCUT2D eigenvalue weighted by atomic mass is 10.1. The topological polar surface area (TPSA) is 75.7 Å². The quantitative estimate of drug-likeness (QED) is 0.456. The lowest BCUT2D eigenvalue weighted by molar-refractivity contribution is -0.127. The number of nitrogens with zero attached hydrogens (tertiary/aromatic N) is 1. The zero-order chi connectivity index (χ0) is 24.1. The largest absolute Gasteiger partial charge is 0.489 e. The molecule has 0 spiro atoms. The number of anilines is 1. The minimum Gasteiger partial charge on any atom is -0.489 e. The molecule has 6 nitrogen and oxygen atoms in total. The first-order valence-electron chi connectivity index (χ1n) is 10.8. The fraction of sp³-hybridized carbons (Fsp3) is 0.148. The van der Waals surface area contributed by atoms with E-state index < -0.39 is 17.1 Å². The van der Waals surface area contributed by atoms with Gasteiger partial charge in [0, 0.05) is 5.69 Å². The normalized spacial score (nSPS) is 14.5. The number of imide groups is 1. The van der Waals surface area contributed by atoms with Gasteiger partial charge in [-0.05, 0) is 78.2 Å². The second-order valence-electron chi connectivity index (χ2n) is 7.96. The van der Waals surface area contributed by atoms with E-state index in [1.807, 2.05) is 80.6 Å². The molecule has 0 unspecified atom stereocenters. The Morgan fingerprint density at radius 1 is 0.971 bits per heavy atom. The van der Waals surface area contributed by atoms with Crippen molar-refractivity contribution in [3.05, 3.63) is 100.0 Å². The van der Waals surface area contributed by atoms with Crippen molar-refractivity contribution in [2.45, 2.75) is 20.5 Å². The zero-order valence-electron chi connectivity index (χ0n) is 18.9. The molecule has 0 atom stereocenters. The minimum atomic E-state index is -0.485. The van der Waals surface area contributed by atoms with Crippen LogP contribution in [0.15, 0.2) is 77.7 Å². The predicted molar refractivity (Wildman–Crippen MR) is 134 cm³/mol. The van der Waals surface area contributed by atoms with Crippen LogP contribution in [-0.4, -0.2) is 28.5 Å². The molecule has 3 aromatic carbocycles. The van der Waals surface area contributed by atoms with Crippen LogP contribution in [0.25, 0.3) is 6.08 Å². The van der Waals surface area contributed by atoms with Crippen molar-refractivity contribution in [3.63, 3.8) is 0 Å². The Balaban J connectivity index is 1.40. The number of amides is 3. The Kier molecular flexibility index (Phi) is 7.13. The van der Waals surface area contributed by atoms with Crippen molar-refractivity contribution >= 4 is 40.6 Å². The molecular weight excluding hydrogens is 448 g/mol. The van der Waals surface area contributed by atoms with Crippen LogP contribution in [0.2, 0.25) is 0 Å². The van der Waals surface area contributed by atoms with Gasteiger partial charge in [0.1, 0.15) is 18.9 Å². The summed E-state index contributed by atoms with van der Waals surface area (Å²) >= 11 is 0.823. The van der Waals surface area contributed by atoms with Gasteiger partial charge in [0.15, 0.2) is 0 Å². The Bertz CT molecular complexity index is 1270. The monoisotopic (exact) mass is 472 g/mol. The average molecular weight is 473 g/mol. The van der Waals surface area contributed by atoms with Crippen molar-refractivity contribution in [2.75, 3.05) is 11.9 Å². The number of ether oxygens (including phenoxy) is 1. The van der Waals surface area contributed by atoms with Crippen molar-refractivity contribution < 1.29 is 19.1 Å². The highest BCUT2D eigenvalue weighted by Gasteiger charge is 2.36. The molecule has 1 heterocycles. The molecule has 1 fully saturated rings. The lowest BCUT2D eigenvalue weighted by Gasteiger charge is -2.13. The maximum atomic E-state index is 12.8. The van der Waals surface area contributed by atoms with Gasteiger partial charge in [-0.2, -0.15) is 0 Å². The molecular formula is C27H24N2O4S. The first-order valence-corrected chi connectivity index (χ1v) is 11.6. The van der Waals surface area contributed by atoms with E-state index in [0.717, 1.165) is 38.9 Å². The van der Waals surface area contributed by atoms with Crippen molar-refractivity contribution in [3.8, 4) is 5.75 Å². The zero-order valence-corrected chi connectivity index (χ0v) is 19.7. The first-order chi connectivity index (χ1) is 16.4. The van der Waals surface area contributed by atoms with E-state index in [1.165, 1.54) is 0 Å². The van der Waals surface area contributed by atoms with E-state index >= 15 is 0 Å². The highest BCUT2D eigenvalue weighted by molar-refractivity contribution is 8.18. The van der Waals surface area contributed by atoms with E-state index in [9.17, 15) is 14.4 Å². The number of carbonyl (C=O) groups excluding carboxylic acids is 3. The Morgan fingerprint density at radius 3 is 2.53 bits per heavy atom. The molecule has 34 heavy (non-hydrogen) atoms. The van der Waals surface area contributed by atoms with Gasteiger partial charge >= 0.3 is 0 Å². The van der Waals surface area contributed by atoms with E-state index in [0.29, 0.717) is 18.0 Å². The van der Waals surface area contributed by atoms with Crippen LogP contribution >= 0.6 is 11.8 Å². The van der Waals surface area contributed by atoms with Gasteiger partial charge in [-0.15, -0.1) is 0 Å². The maximum absolute atomic E-state index is 12.8. The Morgan fingerprint density at radius 2 is 1.76 bits per heavy atom. The summed E-state index contributed by atoms with van der Waals surface area (Å²) in [6.45, 7) is 4.03. The molecule has 0 aromatic heterocycles. The second kappa shape index (κ2) is 10.4. The fourth-order valence-corrected chi connectivity index (χ4v) is 4.22. The number of nitrogens with one attached hydrogen (secondary N) is 1. The second-order valence-corrected chi connectivity index (χ2v) is 8.96. The standard InChI is InChI=1S/C27H24N2O4S/c1-18-11-12-22(13-19(18)2)28-25(30)16-29-26(31)24(34-27(29)32)15-21-9-6-10-23(14-21)33-17-20-7-4-3-5-8-20/h3-15H,16-17H2,1-2H3,(H,28,30). The molecule has 0 aliphatic carbocycles. The van der Waals surface area contributed by atoms with Gasteiger partial charge < -0.3 is 10.1 Å². The molecule has 1 aliphatic heterocycles. The molecule has 0 radical (unpaired) electrons. The van der Waals surface area contributed by atoms with Crippen LogP contribution in [0.4, 0.5) is 10.5 Å². The molecule has 0 bridgehead atoms. The van der Waals surface area contributed by atoms with Crippen LogP contribution in [0, 0.1) is 13.8 Å². The van der Waals surface area contributed by atoms with Crippen LogP contribution in [0.1, 0.15) is 22.3 Å². The third-order valence-corrected chi connectivity index (χ3v) is 6.28. The van der Waals surface area contributed by atoms with Crippen LogP contribution in [0.5, 0.6) is 5.75 Å². The number of hydrogen-bond acceptors (Lipinski definition) is 5. The summed E-state index contributed by atoms with van der Waals surface area (Å²) in [5, 5.41) is 2.28. The van der Waals surface area contributed by atoms with Gasteiger partial charge in [-0.25, -0.2) is 0 Å². The summed E-state index contributed by atoms with van der Waals surface area (Å²) in [6.07, 6.45) is 1.64. The summed E-state index contributed by atoms with van der Waals surface area (Å²) in [6, 6.07) is 22.7. The van der Waals surface area contributed by atoms with Gasteiger partial charge in [-0.1, -0.05) is 48.5 Å². The smallest absolute Gasteiger partial charge is 0.294 e. The van der Waals surface area contributed by atoms with Gasteiger partial charge in [0.2, 0.25) is 5.91 Å². The predicted octanol–water partition coefficient (Wildman–Crippen LogP) is 5.56. The van der Waals surface area contributed by atoms with Gasteiger partial charge in [0.25, 0.3) is 11.1 Å². The number of thioether (sulfide) groups is 1. The molecule has 1 saturated heterocycles. The average Bonchev–Trinajstić information content (AvgIpc) is 3.08. The number of carbonyl (C=O) groups is 3. The van der Waals surface area contributed by atoms with Crippen LogP contribution in [0.3, 0.4) is 0 Å². The summed E-state index contributed by atoms with van der Waals surface area (Å²) in [5.41, 5.74) is 4.57. The number of benzene rings is 3. The maximum Gasteiger partial charge on any atom is 0.294 e. The SMILES string of the molecule is Cc1ccc(NC(=O)CN2C(=O)SC(=Cc3cccc(OCc4ccccc4)c3)C2=O)cc1C. The van der Waals surface area contributed by atoms with E-state index in [1.54, 1.807) is 12.1 Å². The fourth-order valence-electron chi connectivity index (χ4n) is 3.39. The summed E-state index contributed by atoms with van der Waals surface area (Å²) in [5.74, 6) is -0.256. The van der Waals surface area contributed by atoms with E-state index in [4.69, 9.17) is 4.74 Å². The number of aryl methyl sites for hydroxylation is 2. The molecule has 1 aliphatic rings. The lowest BCUT2D eigenvalue weighted by Crippen LogP contribution is -2.36. The molecule has 4 rings (SSSR count). The van der Waals surface area contributed by atoms with Crippen molar-refractivity contribution in [1.29, 1.82) is 0 Å². The van der Waals surface area contributed by atoms with Crippen molar-refractivity contribution in [2.24, 2.45) is 0 Å². The van der Waals surface area contributed by atoms with Crippen LogP contribution < -0.4 is 10.1 Å². The molecule has 7 heteroatoms. The van der Waals surface area contributed by atoms with E-state index in [2.05, 4.69) is 5.32 Å². The Hall–Kier alpha value is -3.84. The third-order valence-electron chi connectivity index (χ3n) is 5.37. The van der Waals surface area contributed by atoms with Gasteiger partial charge in [-0.3, -0.25) is 19.3 Å². The summed E-state index contributed by atoms with van der Waals surface area (Å²) in [7, 11) is 0. The molecule has 3 aromatic rings. The highest BCUT2D eigenvalue weighted by Crippen LogP contribution is 2.32. The molecule has 1 N–H and O–H groups in total. The highest BCUT2D eigenvalue weighted by atomic mass is 32.2. The third kappa shape index (κ3) is 5.74. The summed E-state index contributed by atoms with van der Waals surface area (Å²) in [4.78, 5) is 38.9. The number of hydrogen-bond donors (Lipinski definition) is 1. The Labute approximate surface area is 202 Å². The molecule has 3 amide bonds.